The quantitative estimate of drug-likeness (QED) is 0.369. The first kappa shape index (κ1) is 7.46. The summed E-state index contributed by atoms with van der Waals surface area (Å²) in [6.45, 7) is 0. The van der Waals surface area contributed by atoms with Crippen LogP contribution in [0.15, 0.2) is 16.5 Å². The van der Waals surface area contributed by atoms with Crippen molar-refractivity contribution < 1.29 is 14.1 Å². The second-order valence-corrected chi connectivity index (χ2v) is 1.87. The van der Waals surface area contributed by atoms with Crippen molar-refractivity contribution in [1.29, 1.82) is 0 Å². The highest BCUT2D eigenvalue weighted by Crippen LogP contribution is 2.14. The molecule has 58 valence electrons. The van der Waals surface area contributed by atoms with Crippen LogP contribution in [-0.2, 0) is 11.2 Å². The first-order valence-electron chi connectivity index (χ1n) is 2.91. The summed E-state index contributed by atoms with van der Waals surface area (Å²) in [7, 11) is 0. The van der Waals surface area contributed by atoms with Crippen molar-refractivity contribution in [1.82, 2.24) is 0 Å². The van der Waals surface area contributed by atoms with E-state index in [1.165, 1.54) is 12.1 Å². The molecule has 0 aromatic carbocycles. The van der Waals surface area contributed by atoms with E-state index in [9.17, 15) is 14.9 Å². The minimum atomic E-state index is -0.645. The van der Waals surface area contributed by atoms with Crippen molar-refractivity contribution in [3.8, 4) is 0 Å². The van der Waals surface area contributed by atoms with Gasteiger partial charge in [0.15, 0.2) is 0 Å². The van der Waals surface area contributed by atoms with Crippen LogP contribution in [0.2, 0.25) is 0 Å². The van der Waals surface area contributed by atoms with Gasteiger partial charge < -0.3 is 9.21 Å². The zero-order chi connectivity index (χ0) is 8.27. The Morgan fingerprint density at radius 1 is 1.64 bits per heavy atom. The molecule has 0 spiro atoms. The minimum absolute atomic E-state index is 0.0772. The van der Waals surface area contributed by atoms with Gasteiger partial charge in [-0.25, -0.2) is 0 Å². The van der Waals surface area contributed by atoms with E-state index in [0.717, 1.165) is 0 Å². The monoisotopic (exact) mass is 155 g/mol. The first-order valence-corrected chi connectivity index (χ1v) is 2.91. The van der Waals surface area contributed by atoms with E-state index in [1.54, 1.807) is 0 Å². The van der Waals surface area contributed by atoms with Crippen molar-refractivity contribution in [2.24, 2.45) is 0 Å². The van der Waals surface area contributed by atoms with Crippen LogP contribution < -0.4 is 0 Å². The average molecular weight is 155 g/mol. The molecule has 0 aliphatic heterocycles. The lowest BCUT2D eigenvalue weighted by Gasteiger charge is -1.82. The number of rotatable bonds is 3. The number of hydrogen-bond acceptors (Lipinski definition) is 4. The Hall–Kier alpha value is -1.65. The average Bonchev–Trinajstić information content (AvgIpc) is 2.37. The fourth-order valence-electron chi connectivity index (χ4n) is 0.657. The van der Waals surface area contributed by atoms with E-state index in [1.807, 2.05) is 0 Å². The third kappa shape index (κ3) is 1.64. The van der Waals surface area contributed by atoms with Crippen LogP contribution in [0.4, 0.5) is 5.88 Å². The molecule has 0 atom stereocenters. The van der Waals surface area contributed by atoms with Crippen LogP contribution in [0.3, 0.4) is 0 Å². The standard InChI is InChI=1S/C6H5NO4/c8-4-3-5-1-2-6(11-5)7(9)10/h1-2,4H,3H2. The Labute approximate surface area is 61.8 Å². The van der Waals surface area contributed by atoms with Gasteiger partial charge in [0.1, 0.15) is 17.0 Å². The highest BCUT2D eigenvalue weighted by Gasteiger charge is 2.10. The highest BCUT2D eigenvalue weighted by atomic mass is 16.6. The summed E-state index contributed by atoms with van der Waals surface area (Å²) in [4.78, 5) is 19.3. The van der Waals surface area contributed by atoms with E-state index < -0.39 is 4.92 Å². The van der Waals surface area contributed by atoms with Gasteiger partial charge in [-0.05, 0) is 6.07 Å². The Morgan fingerprint density at radius 3 is 2.82 bits per heavy atom. The molecule has 0 unspecified atom stereocenters. The molecule has 5 nitrogen and oxygen atoms in total. The highest BCUT2D eigenvalue weighted by molar-refractivity contribution is 5.53. The maximum atomic E-state index is 10.0. The van der Waals surface area contributed by atoms with Gasteiger partial charge in [-0.1, -0.05) is 0 Å². The Bertz CT molecular complexity index is 278. The van der Waals surface area contributed by atoms with Crippen LogP contribution in [0.1, 0.15) is 5.76 Å². The number of furan rings is 1. The maximum absolute atomic E-state index is 10.0. The van der Waals surface area contributed by atoms with Gasteiger partial charge in [-0.2, -0.15) is 0 Å². The molecule has 1 heterocycles. The summed E-state index contributed by atoms with van der Waals surface area (Å²) in [6, 6.07) is 2.63. The zero-order valence-corrected chi connectivity index (χ0v) is 5.52. The third-order valence-corrected chi connectivity index (χ3v) is 1.11. The summed E-state index contributed by atoms with van der Waals surface area (Å²) in [6.07, 6.45) is 0.705. The topological polar surface area (TPSA) is 73.3 Å². The molecule has 0 amide bonds. The molecule has 0 aliphatic carbocycles. The normalized spacial score (nSPS) is 9.45. The van der Waals surface area contributed by atoms with E-state index in [4.69, 9.17) is 0 Å². The predicted molar refractivity (Wildman–Crippen MR) is 35.1 cm³/mol. The summed E-state index contributed by atoms with van der Waals surface area (Å²) in [5.74, 6) is -0.0199. The van der Waals surface area contributed by atoms with Gasteiger partial charge in [0.05, 0.1) is 12.5 Å². The summed E-state index contributed by atoms with van der Waals surface area (Å²) in [5.41, 5.74) is 0. The SMILES string of the molecule is O=CCc1ccc([N+](=O)[O-])o1. The lowest BCUT2D eigenvalue weighted by Crippen LogP contribution is -1.84. The molecule has 0 fully saturated rings. The molecule has 1 aromatic rings. The lowest BCUT2D eigenvalue weighted by atomic mass is 10.4. The number of nitrogens with zero attached hydrogens (tertiary/aromatic N) is 1. The van der Waals surface area contributed by atoms with Crippen molar-refractivity contribution in [3.05, 3.63) is 28.0 Å². The van der Waals surface area contributed by atoms with Gasteiger partial charge in [-0.3, -0.25) is 10.1 Å². The van der Waals surface area contributed by atoms with Gasteiger partial charge in [0.25, 0.3) is 0 Å². The number of aldehydes is 1. The molecule has 0 N–H and O–H groups in total. The van der Waals surface area contributed by atoms with Crippen LogP contribution in [0.25, 0.3) is 0 Å². The van der Waals surface area contributed by atoms with Crippen LogP contribution in [0.5, 0.6) is 0 Å². The van der Waals surface area contributed by atoms with Crippen molar-refractivity contribution in [2.75, 3.05) is 0 Å². The zero-order valence-electron chi connectivity index (χ0n) is 5.52. The first-order chi connectivity index (χ1) is 5.24. The number of nitro groups is 1. The van der Waals surface area contributed by atoms with Gasteiger partial charge in [0.2, 0.25) is 0 Å². The smallest absolute Gasteiger partial charge is 0.405 e. The molecule has 1 aromatic heterocycles. The molecule has 0 bridgehead atoms. The molecule has 1 rings (SSSR count). The fraction of sp³-hybridized carbons (Fsp3) is 0.167. The van der Waals surface area contributed by atoms with Crippen LogP contribution in [-0.4, -0.2) is 11.2 Å². The molecule has 0 saturated carbocycles. The van der Waals surface area contributed by atoms with E-state index >= 15 is 0 Å². The Morgan fingerprint density at radius 2 is 2.36 bits per heavy atom. The lowest BCUT2D eigenvalue weighted by molar-refractivity contribution is -0.402. The molecule has 0 radical (unpaired) electrons. The number of carbonyl (C=O) groups is 1. The van der Waals surface area contributed by atoms with Crippen molar-refractivity contribution in [3.63, 3.8) is 0 Å². The summed E-state index contributed by atoms with van der Waals surface area (Å²) < 4.78 is 4.66. The molecule has 5 heteroatoms. The molecule has 11 heavy (non-hydrogen) atoms. The summed E-state index contributed by atoms with van der Waals surface area (Å²) in [5, 5.41) is 10.0. The maximum Gasteiger partial charge on any atom is 0.433 e. The fourth-order valence-corrected chi connectivity index (χ4v) is 0.657. The second-order valence-electron chi connectivity index (χ2n) is 1.87. The van der Waals surface area contributed by atoms with Crippen molar-refractivity contribution >= 4 is 12.2 Å². The van der Waals surface area contributed by atoms with Gasteiger partial charge >= 0.3 is 5.88 Å². The predicted octanol–water partition coefficient (Wildman–Crippen LogP) is 0.929. The number of hydrogen-bond donors (Lipinski definition) is 0. The van der Waals surface area contributed by atoms with Gasteiger partial charge in [-0.15, -0.1) is 0 Å². The van der Waals surface area contributed by atoms with Crippen LogP contribution >= 0.6 is 0 Å². The Kier molecular flexibility index (Phi) is 2.00. The van der Waals surface area contributed by atoms with E-state index in [2.05, 4.69) is 4.42 Å². The van der Waals surface area contributed by atoms with Crippen LogP contribution in [0, 0.1) is 10.1 Å². The minimum Gasteiger partial charge on any atom is -0.405 e. The Balaban J connectivity index is 2.81. The largest absolute Gasteiger partial charge is 0.433 e. The number of carbonyl (C=O) groups excluding carboxylic acids is 1. The van der Waals surface area contributed by atoms with Crippen molar-refractivity contribution in [2.45, 2.75) is 6.42 Å². The summed E-state index contributed by atoms with van der Waals surface area (Å²) >= 11 is 0. The third-order valence-electron chi connectivity index (χ3n) is 1.11. The molecule has 0 saturated heterocycles. The van der Waals surface area contributed by atoms with E-state index in [0.29, 0.717) is 12.0 Å². The molecule has 0 aliphatic rings. The molecular weight excluding hydrogens is 150 g/mol. The second kappa shape index (κ2) is 2.96. The molecular formula is C6H5NO4. The van der Waals surface area contributed by atoms with E-state index in [-0.39, 0.29) is 12.3 Å². The van der Waals surface area contributed by atoms with Gasteiger partial charge in [0, 0.05) is 0 Å².